The van der Waals surface area contributed by atoms with Crippen LogP contribution in [-0.2, 0) is 0 Å². The van der Waals surface area contributed by atoms with E-state index in [1.165, 1.54) is 29.6 Å². The van der Waals surface area contributed by atoms with Crippen LogP contribution in [-0.4, -0.2) is 36.1 Å². The molecule has 0 saturated carbocycles. The molecule has 3 nitrogen and oxygen atoms in total. The monoisotopic (exact) mass is 261 g/mol. The van der Waals surface area contributed by atoms with Gasteiger partial charge in [-0.05, 0) is 51.1 Å². The van der Waals surface area contributed by atoms with E-state index >= 15 is 0 Å². The Labute approximate surface area is 112 Å². The maximum absolute atomic E-state index is 4.68. The zero-order valence-electron chi connectivity index (χ0n) is 10.9. The van der Waals surface area contributed by atoms with Crippen molar-refractivity contribution < 1.29 is 0 Å². The molecule has 1 atom stereocenters. The van der Waals surface area contributed by atoms with Gasteiger partial charge in [-0.15, -0.1) is 0 Å². The summed E-state index contributed by atoms with van der Waals surface area (Å²) in [6, 6.07) is 7.02. The molecule has 0 amide bonds. The van der Waals surface area contributed by atoms with Gasteiger partial charge in [0.05, 0.1) is 10.2 Å². The summed E-state index contributed by atoms with van der Waals surface area (Å²) in [5.41, 5.74) is 2.39. The van der Waals surface area contributed by atoms with E-state index in [4.69, 9.17) is 0 Å². The van der Waals surface area contributed by atoms with Crippen LogP contribution in [0.15, 0.2) is 18.2 Å². The third-order valence-electron chi connectivity index (χ3n) is 3.50. The van der Waals surface area contributed by atoms with Crippen molar-refractivity contribution in [3.05, 3.63) is 23.8 Å². The molecule has 1 aliphatic rings. The molecule has 1 saturated heterocycles. The van der Waals surface area contributed by atoms with Gasteiger partial charge < -0.3 is 10.2 Å². The molecule has 18 heavy (non-hydrogen) atoms. The minimum Gasteiger partial charge on any atom is -0.357 e. The smallest absolute Gasteiger partial charge is 0.184 e. The summed E-state index contributed by atoms with van der Waals surface area (Å²) in [6.07, 6.45) is 2.53. The molecule has 1 aliphatic heterocycles. The Hall–Kier alpha value is -1.13. The van der Waals surface area contributed by atoms with E-state index in [2.05, 4.69) is 47.4 Å². The Morgan fingerprint density at radius 1 is 1.44 bits per heavy atom. The molecule has 1 unspecified atom stereocenters. The van der Waals surface area contributed by atoms with Gasteiger partial charge in [0.15, 0.2) is 5.13 Å². The maximum atomic E-state index is 4.68. The highest BCUT2D eigenvalue weighted by Gasteiger charge is 2.18. The van der Waals surface area contributed by atoms with Gasteiger partial charge in [0, 0.05) is 12.6 Å². The van der Waals surface area contributed by atoms with E-state index in [9.17, 15) is 0 Å². The number of nitrogens with zero attached hydrogens (tertiary/aromatic N) is 2. The van der Waals surface area contributed by atoms with E-state index in [0.717, 1.165) is 17.2 Å². The lowest BCUT2D eigenvalue weighted by atomic mass is 10.1. The fraction of sp³-hybridized carbons (Fsp3) is 0.500. The molecule has 0 aliphatic carbocycles. The first-order chi connectivity index (χ1) is 8.70. The lowest BCUT2D eigenvalue weighted by Gasteiger charge is -2.29. The highest BCUT2D eigenvalue weighted by atomic mass is 32.1. The van der Waals surface area contributed by atoms with Gasteiger partial charge in [-0.25, -0.2) is 4.98 Å². The zero-order valence-corrected chi connectivity index (χ0v) is 11.8. The molecule has 4 heteroatoms. The number of benzene rings is 1. The van der Waals surface area contributed by atoms with Gasteiger partial charge in [-0.2, -0.15) is 0 Å². The quantitative estimate of drug-likeness (QED) is 0.900. The van der Waals surface area contributed by atoms with E-state index in [-0.39, 0.29) is 0 Å². The number of anilines is 1. The second-order valence-corrected chi connectivity index (χ2v) is 6.27. The summed E-state index contributed by atoms with van der Waals surface area (Å²) in [7, 11) is 2.19. The molecule has 2 aromatic rings. The Morgan fingerprint density at radius 2 is 2.33 bits per heavy atom. The van der Waals surface area contributed by atoms with E-state index in [1.807, 2.05) is 0 Å². The van der Waals surface area contributed by atoms with Crippen LogP contribution in [0.1, 0.15) is 18.4 Å². The minimum absolute atomic E-state index is 0.547. The average molecular weight is 261 g/mol. The van der Waals surface area contributed by atoms with Crippen LogP contribution in [0.2, 0.25) is 0 Å². The van der Waals surface area contributed by atoms with Crippen molar-refractivity contribution in [1.29, 1.82) is 0 Å². The minimum atomic E-state index is 0.547. The molecule has 0 radical (unpaired) electrons. The predicted octanol–water partition coefficient (Wildman–Crippen LogP) is 3.11. The Morgan fingerprint density at radius 3 is 3.17 bits per heavy atom. The normalized spacial score (nSPS) is 21.3. The molecular weight excluding hydrogens is 242 g/mol. The van der Waals surface area contributed by atoms with Crippen molar-refractivity contribution in [2.75, 3.05) is 25.5 Å². The number of hydrogen-bond donors (Lipinski definition) is 1. The Balaban J connectivity index is 1.78. The summed E-state index contributed by atoms with van der Waals surface area (Å²) in [4.78, 5) is 7.07. The highest BCUT2D eigenvalue weighted by Crippen LogP contribution is 2.27. The number of likely N-dealkylation sites (N-methyl/N-ethyl adjacent to an activating group) is 1. The fourth-order valence-corrected chi connectivity index (χ4v) is 3.48. The van der Waals surface area contributed by atoms with Gasteiger partial charge >= 0.3 is 0 Å². The van der Waals surface area contributed by atoms with Crippen LogP contribution in [0.25, 0.3) is 10.2 Å². The molecule has 1 N–H and O–H groups in total. The van der Waals surface area contributed by atoms with Crippen molar-refractivity contribution in [3.63, 3.8) is 0 Å². The maximum Gasteiger partial charge on any atom is 0.184 e. The number of fused-ring (bicyclic) bond motifs is 1. The number of nitrogens with one attached hydrogen (secondary N) is 1. The first-order valence-electron chi connectivity index (χ1n) is 6.53. The van der Waals surface area contributed by atoms with Crippen molar-refractivity contribution in [2.45, 2.75) is 25.8 Å². The van der Waals surface area contributed by atoms with Gasteiger partial charge in [0.2, 0.25) is 0 Å². The summed E-state index contributed by atoms with van der Waals surface area (Å²) in [5, 5.41) is 4.65. The molecule has 1 fully saturated rings. The number of aryl methyl sites for hydroxylation is 1. The molecule has 2 heterocycles. The molecule has 3 rings (SSSR count). The van der Waals surface area contributed by atoms with Crippen molar-refractivity contribution in [1.82, 2.24) is 9.88 Å². The molecule has 0 spiro atoms. The Bertz CT molecular complexity index is 549. The number of piperidine rings is 1. The summed E-state index contributed by atoms with van der Waals surface area (Å²) in [6.45, 7) is 4.45. The van der Waals surface area contributed by atoms with Gasteiger partial charge in [0.1, 0.15) is 0 Å². The Kier molecular flexibility index (Phi) is 3.22. The van der Waals surface area contributed by atoms with Crippen molar-refractivity contribution >= 4 is 26.7 Å². The number of hydrogen-bond acceptors (Lipinski definition) is 4. The third-order valence-corrected chi connectivity index (χ3v) is 4.46. The SMILES string of the molecule is Cc1ccc2sc(NC3CCCN(C)C3)nc2c1. The van der Waals surface area contributed by atoms with Crippen LogP contribution >= 0.6 is 11.3 Å². The molecule has 1 aromatic carbocycles. The number of aromatic nitrogens is 1. The average Bonchev–Trinajstić information content (AvgIpc) is 2.70. The predicted molar refractivity (Wildman–Crippen MR) is 78.5 cm³/mol. The topological polar surface area (TPSA) is 28.2 Å². The molecule has 1 aromatic heterocycles. The molecular formula is C14H19N3S. The van der Waals surface area contributed by atoms with Gasteiger partial charge in [-0.3, -0.25) is 0 Å². The van der Waals surface area contributed by atoms with Crippen molar-refractivity contribution in [3.8, 4) is 0 Å². The molecule has 0 bridgehead atoms. The van der Waals surface area contributed by atoms with Gasteiger partial charge in [-0.1, -0.05) is 17.4 Å². The van der Waals surface area contributed by atoms with Crippen LogP contribution < -0.4 is 5.32 Å². The standard InChI is InChI=1S/C14H19N3S/c1-10-5-6-13-12(8-10)16-14(18-13)15-11-4-3-7-17(2)9-11/h5-6,8,11H,3-4,7,9H2,1-2H3,(H,15,16). The highest BCUT2D eigenvalue weighted by molar-refractivity contribution is 7.22. The lowest BCUT2D eigenvalue weighted by molar-refractivity contribution is 0.261. The summed E-state index contributed by atoms with van der Waals surface area (Å²) < 4.78 is 1.27. The number of likely N-dealkylation sites (tertiary alicyclic amines) is 1. The fourth-order valence-electron chi connectivity index (χ4n) is 2.56. The molecule has 96 valence electrons. The van der Waals surface area contributed by atoms with Gasteiger partial charge in [0.25, 0.3) is 0 Å². The van der Waals surface area contributed by atoms with Crippen molar-refractivity contribution in [2.24, 2.45) is 0 Å². The second-order valence-electron chi connectivity index (χ2n) is 5.24. The van der Waals surface area contributed by atoms with E-state index < -0.39 is 0 Å². The number of thiazole rings is 1. The van der Waals surface area contributed by atoms with Crippen LogP contribution in [0.4, 0.5) is 5.13 Å². The number of rotatable bonds is 2. The lowest BCUT2D eigenvalue weighted by Crippen LogP contribution is -2.39. The third kappa shape index (κ3) is 2.49. The first-order valence-corrected chi connectivity index (χ1v) is 7.34. The summed E-state index contributed by atoms with van der Waals surface area (Å²) >= 11 is 1.76. The van der Waals surface area contributed by atoms with Crippen LogP contribution in [0.5, 0.6) is 0 Å². The second kappa shape index (κ2) is 4.86. The van der Waals surface area contributed by atoms with E-state index in [1.54, 1.807) is 11.3 Å². The summed E-state index contributed by atoms with van der Waals surface area (Å²) in [5.74, 6) is 0. The van der Waals surface area contributed by atoms with Crippen LogP contribution in [0, 0.1) is 6.92 Å². The van der Waals surface area contributed by atoms with E-state index in [0.29, 0.717) is 6.04 Å². The first kappa shape index (κ1) is 11.9. The largest absolute Gasteiger partial charge is 0.357 e. The van der Waals surface area contributed by atoms with Crippen LogP contribution in [0.3, 0.4) is 0 Å². The zero-order chi connectivity index (χ0) is 12.5.